The van der Waals surface area contributed by atoms with E-state index < -0.39 is 17.7 Å². The van der Waals surface area contributed by atoms with E-state index >= 15 is 0 Å². The van der Waals surface area contributed by atoms with Gasteiger partial charge in [-0.1, -0.05) is 69.3 Å². The maximum atomic E-state index is 13.1. The Bertz CT molecular complexity index is 868. The van der Waals surface area contributed by atoms with Crippen LogP contribution in [-0.2, 0) is 10.3 Å². The van der Waals surface area contributed by atoms with Crippen LogP contribution < -0.4 is 10.1 Å². The first-order chi connectivity index (χ1) is 13.9. The van der Waals surface area contributed by atoms with Crippen molar-refractivity contribution in [1.82, 2.24) is 10.2 Å². The lowest BCUT2D eigenvalue weighted by Gasteiger charge is -2.26. The van der Waals surface area contributed by atoms with Crippen molar-refractivity contribution in [3.8, 4) is 5.75 Å². The van der Waals surface area contributed by atoms with Crippen molar-refractivity contribution in [2.45, 2.75) is 44.8 Å². The number of carbonyl (C=O) groups excluding carboxylic acids is 2. The minimum atomic E-state index is -1.09. The molecule has 1 fully saturated rings. The Morgan fingerprint density at radius 1 is 1.07 bits per heavy atom. The number of ether oxygens (including phenoxy) is 1. The average molecular weight is 396 g/mol. The third kappa shape index (κ3) is 4.12. The van der Waals surface area contributed by atoms with E-state index in [2.05, 4.69) is 19.2 Å². The van der Waals surface area contributed by atoms with E-state index in [1.54, 1.807) is 0 Å². The number of nitrogens with one attached hydrogen (secondary N) is 1. The molecule has 2 aromatic carbocycles. The quantitative estimate of drug-likeness (QED) is 0.671. The third-order valence-electron chi connectivity index (χ3n) is 5.34. The molecule has 154 valence electrons. The Labute approximate surface area is 171 Å². The summed E-state index contributed by atoms with van der Waals surface area (Å²) in [6.07, 6.45) is -0.569. The maximum Gasteiger partial charge on any atom is 0.325 e. The molecule has 6 nitrogen and oxygen atoms in total. The molecule has 1 heterocycles. The monoisotopic (exact) mass is 396 g/mol. The second-order valence-electron chi connectivity index (χ2n) is 7.63. The highest BCUT2D eigenvalue weighted by atomic mass is 16.5. The summed E-state index contributed by atoms with van der Waals surface area (Å²) in [4.78, 5) is 26.7. The van der Waals surface area contributed by atoms with Gasteiger partial charge in [-0.25, -0.2) is 4.79 Å². The molecule has 1 saturated heterocycles. The van der Waals surface area contributed by atoms with Crippen LogP contribution in [0.4, 0.5) is 4.79 Å². The lowest BCUT2D eigenvalue weighted by atomic mass is 9.87. The van der Waals surface area contributed by atoms with E-state index in [4.69, 9.17) is 4.74 Å². The van der Waals surface area contributed by atoms with Crippen molar-refractivity contribution in [1.29, 1.82) is 0 Å². The minimum absolute atomic E-state index is 0.00868. The van der Waals surface area contributed by atoms with Crippen LogP contribution in [0.2, 0.25) is 0 Å². The Balaban J connectivity index is 1.69. The highest BCUT2D eigenvalue weighted by molar-refractivity contribution is 6.07. The van der Waals surface area contributed by atoms with Crippen LogP contribution >= 0.6 is 0 Å². The average Bonchev–Trinajstić information content (AvgIpc) is 2.98. The number of carbonyl (C=O) groups is 2. The van der Waals surface area contributed by atoms with Gasteiger partial charge in [0.15, 0.2) is 0 Å². The maximum absolute atomic E-state index is 13.1. The zero-order valence-electron chi connectivity index (χ0n) is 17.1. The summed E-state index contributed by atoms with van der Waals surface area (Å²) < 4.78 is 5.78. The van der Waals surface area contributed by atoms with E-state index in [0.29, 0.717) is 12.2 Å². The summed E-state index contributed by atoms with van der Waals surface area (Å²) in [6.45, 7) is 5.87. The molecular formula is C23H28N2O4. The highest BCUT2D eigenvalue weighted by Gasteiger charge is 2.51. The molecule has 2 unspecified atom stereocenters. The SMILES string of the molecule is CCC1(c2ccccc2)NC(=O)N(CC(O)COc2ccccc2C(C)C)C1=O. The van der Waals surface area contributed by atoms with Gasteiger partial charge < -0.3 is 15.2 Å². The number of aliphatic hydroxyl groups excluding tert-OH is 1. The molecule has 0 spiro atoms. The van der Waals surface area contributed by atoms with E-state index in [0.717, 1.165) is 16.0 Å². The van der Waals surface area contributed by atoms with Gasteiger partial charge in [-0.15, -0.1) is 0 Å². The van der Waals surface area contributed by atoms with Crippen molar-refractivity contribution in [3.63, 3.8) is 0 Å². The summed E-state index contributed by atoms with van der Waals surface area (Å²) >= 11 is 0. The normalized spacial score (nSPS) is 20.1. The van der Waals surface area contributed by atoms with E-state index in [9.17, 15) is 14.7 Å². The summed E-state index contributed by atoms with van der Waals surface area (Å²) in [7, 11) is 0. The molecule has 6 heteroatoms. The molecular weight excluding hydrogens is 368 g/mol. The Morgan fingerprint density at radius 2 is 1.72 bits per heavy atom. The number of rotatable bonds is 8. The Kier molecular flexibility index (Phi) is 6.23. The smallest absolute Gasteiger partial charge is 0.325 e. The van der Waals surface area contributed by atoms with Crippen molar-refractivity contribution < 1.29 is 19.4 Å². The fourth-order valence-electron chi connectivity index (χ4n) is 3.69. The summed E-state index contributed by atoms with van der Waals surface area (Å²) in [6, 6.07) is 16.4. The minimum Gasteiger partial charge on any atom is -0.491 e. The molecule has 0 saturated carbocycles. The van der Waals surface area contributed by atoms with Gasteiger partial charge in [0.1, 0.15) is 24.0 Å². The standard InChI is InChI=1S/C23H28N2O4/c1-4-23(17-10-6-5-7-11-17)21(27)25(22(28)24-23)14-18(26)15-29-20-13-9-8-12-19(20)16(2)3/h5-13,16,18,26H,4,14-15H2,1-3H3,(H,24,28). The first-order valence-electron chi connectivity index (χ1n) is 9.98. The van der Waals surface area contributed by atoms with E-state index in [1.807, 2.05) is 61.5 Å². The summed E-state index contributed by atoms with van der Waals surface area (Å²) in [5.74, 6) is 0.633. The molecule has 2 aromatic rings. The molecule has 1 aliphatic rings. The van der Waals surface area contributed by atoms with Crippen LogP contribution in [0, 0.1) is 0 Å². The number of β-amino-alcohol motifs (C(OH)–C–C–N with tert-alkyl or cyclic N) is 1. The number of benzene rings is 2. The van der Waals surface area contributed by atoms with Crippen LogP contribution in [0.15, 0.2) is 54.6 Å². The molecule has 3 rings (SSSR count). The topological polar surface area (TPSA) is 78.9 Å². The van der Waals surface area contributed by atoms with Gasteiger partial charge >= 0.3 is 6.03 Å². The lowest BCUT2D eigenvalue weighted by Crippen LogP contribution is -2.44. The number of aliphatic hydroxyl groups is 1. The van der Waals surface area contributed by atoms with Gasteiger partial charge in [-0.2, -0.15) is 0 Å². The number of nitrogens with zero attached hydrogens (tertiary/aromatic N) is 1. The Morgan fingerprint density at radius 3 is 2.38 bits per heavy atom. The van der Waals surface area contributed by atoms with E-state index in [1.165, 1.54) is 0 Å². The molecule has 0 radical (unpaired) electrons. The lowest BCUT2D eigenvalue weighted by molar-refractivity contribution is -0.132. The van der Waals surface area contributed by atoms with Crippen molar-refractivity contribution in [2.24, 2.45) is 0 Å². The molecule has 0 bridgehead atoms. The van der Waals surface area contributed by atoms with E-state index in [-0.39, 0.29) is 25.0 Å². The fourth-order valence-corrected chi connectivity index (χ4v) is 3.69. The van der Waals surface area contributed by atoms with Crippen LogP contribution in [0.5, 0.6) is 5.75 Å². The number of hydrogen-bond donors (Lipinski definition) is 2. The molecule has 0 aromatic heterocycles. The zero-order valence-corrected chi connectivity index (χ0v) is 17.1. The van der Waals surface area contributed by atoms with Gasteiger partial charge in [0.25, 0.3) is 5.91 Å². The Hall–Kier alpha value is -2.86. The molecule has 2 N–H and O–H groups in total. The predicted molar refractivity (Wildman–Crippen MR) is 111 cm³/mol. The second kappa shape index (κ2) is 8.66. The van der Waals surface area contributed by atoms with Gasteiger partial charge in [0.2, 0.25) is 0 Å². The van der Waals surface area contributed by atoms with Crippen molar-refractivity contribution in [3.05, 3.63) is 65.7 Å². The van der Waals surface area contributed by atoms with Crippen LogP contribution in [0.3, 0.4) is 0 Å². The second-order valence-corrected chi connectivity index (χ2v) is 7.63. The molecule has 2 atom stereocenters. The van der Waals surface area contributed by atoms with Crippen LogP contribution in [0.25, 0.3) is 0 Å². The zero-order chi connectivity index (χ0) is 21.0. The van der Waals surface area contributed by atoms with Gasteiger partial charge in [0.05, 0.1) is 6.54 Å². The first kappa shape index (κ1) is 20.9. The van der Waals surface area contributed by atoms with Crippen molar-refractivity contribution >= 4 is 11.9 Å². The largest absolute Gasteiger partial charge is 0.491 e. The molecule has 0 aliphatic carbocycles. The number of imide groups is 1. The number of urea groups is 1. The van der Waals surface area contributed by atoms with Gasteiger partial charge in [-0.05, 0) is 29.5 Å². The predicted octanol–water partition coefficient (Wildman–Crippen LogP) is 3.41. The first-order valence-corrected chi connectivity index (χ1v) is 9.98. The van der Waals surface area contributed by atoms with Gasteiger partial charge in [0, 0.05) is 0 Å². The number of amides is 3. The number of hydrogen-bond acceptors (Lipinski definition) is 4. The summed E-state index contributed by atoms with van der Waals surface area (Å²) in [5, 5.41) is 13.3. The number of para-hydroxylation sites is 1. The van der Waals surface area contributed by atoms with Crippen molar-refractivity contribution in [2.75, 3.05) is 13.2 Å². The fraction of sp³-hybridized carbons (Fsp3) is 0.391. The summed E-state index contributed by atoms with van der Waals surface area (Å²) in [5.41, 5.74) is 0.687. The third-order valence-corrected chi connectivity index (χ3v) is 5.34. The van der Waals surface area contributed by atoms with Crippen LogP contribution in [0.1, 0.15) is 44.2 Å². The van der Waals surface area contributed by atoms with Gasteiger partial charge in [-0.3, -0.25) is 9.69 Å². The molecule has 1 aliphatic heterocycles. The molecule has 29 heavy (non-hydrogen) atoms. The highest BCUT2D eigenvalue weighted by Crippen LogP contribution is 2.32. The molecule has 3 amide bonds. The van der Waals surface area contributed by atoms with Crippen LogP contribution in [-0.4, -0.2) is 41.2 Å².